The summed E-state index contributed by atoms with van der Waals surface area (Å²) in [5, 5.41) is 12.8. The van der Waals surface area contributed by atoms with Crippen molar-refractivity contribution < 1.29 is 14.7 Å². The maximum atomic E-state index is 10.7. The number of nitrogens with zero attached hydrogens (tertiary/aromatic N) is 2. The lowest BCUT2D eigenvalue weighted by molar-refractivity contribution is 0.0696. The van der Waals surface area contributed by atoms with Crippen molar-refractivity contribution in [1.82, 2.24) is 9.78 Å². The van der Waals surface area contributed by atoms with Crippen molar-refractivity contribution in [3.8, 4) is 0 Å². The van der Waals surface area contributed by atoms with Gasteiger partial charge in [-0.25, -0.2) is 4.79 Å². The molecule has 2 rings (SSSR count). The van der Waals surface area contributed by atoms with Crippen molar-refractivity contribution in [2.75, 3.05) is 0 Å². The molecule has 1 aromatic carbocycles. The molecule has 1 aromatic heterocycles. The summed E-state index contributed by atoms with van der Waals surface area (Å²) in [4.78, 5) is 21.1. The van der Waals surface area contributed by atoms with Crippen LogP contribution >= 0.6 is 0 Å². The first-order chi connectivity index (χ1) is 8.19. The summed E-state index contributed by atoms with van der Waals surface area (Å²) in [6.07, 6.45) is 3.85. The number of aromatic nitrogens is 2. The lowest BCUT2D eigenvalue weighted by Crippen LogP contribution is -2.01. The summed E-state index contributed by atoms with van der Waals surface area (Å²) in [7, 11) is 0. The summed E-state index contributed by atoms with van der Waals surface area (Å²) in [6.45, 7) is 0.508. The van der Waals surface area contributed by atoms with Crippen molar-refractivity contribution in [2.45, 2.75) is 6.54 Å². The van der Waals surface area contributed by atoms with E-state index in [9.17, 15) is 9.59 Å². The van der Waals surface area contributed by atoms with Crippen molar-refractivity contribution in [1.29, 1.82) is 0 Å². The second-order valence-corrected chi connectivity index (χ2v) is 3.59. The molecule has 0 aliphatic rings. The molecule has 86 valence electrons. The van der Waals surface area contributed by atoms with Crippen molar-refractivity contribution in [3.63, 3.8) is 0 Å². The van der Waals surface area contributed by atoms with Gasteiger partial charge in [-0.05, 0) is 17.7 Å². The van der Waals surface area contributed by atoms with Crippen LogP contribution in [0.2, 0.25) is 0 Å². The van der Waals surface area contributed by atoms with Crippen LogP contribution in [0.3, 0.4) is 0 Å². The molecule has 0 spiro atoms. The van der Waals surface area contributed by atoms with Crippen molar-refractivity contribution in [3.05, 3.63) is 53.3 Å². The number of aldehydes is 1. The quantitative estimate of drug-likeness (QED) is 0.807. The zero-order valence-corrected chi connectivity index (χ0v) is 8.91. The Morgan fingerprint density at radius 1 is 1.35 bits per heavy atom. The van der Waals surface area contributed by atoms with Crippen LogP contribution in [-0.4, -0.2) is 27.1 Å². The van der Waals surface area contributed by atoms with Gasteiger partial charge in [0.05, 0.1) is 23.9 Å². The summed E-state index contributed by atoms with van der Waals surface area (Å²) in [5.74, 6) is -0.945. The van der Waals surface area contributed by atoms with E-state index in [1.807, 2.05) is 0 Å². The Morgan fingerprint density at radius 2 is 2.06 bits per heavy atom. The Labute approximate surface area is 97.3 Å². The lowest BCUT2D eigenvalue weighted by atomic mass is 10.1. The molecule has 17 heavy (non-hydrogen) atoms. The van der Waals surface area contributed by atoms with Gasteiger partial charge in [0.25, 0.3) is 0 Å². The molecule has 0 bridgehead atoms. The average molecular weight is 230 g/mol. The molecule has 5 heteroatoms. The number of aromatic carboxylic acids is 1. The van der Waals surface area contributed by atoms with E-state index >= 15 is 0 Å². The molecule has 0 amide bonds. The zero-order chi connectivity index (χ0) is 12.3. The largest absolute Gasteiger partial charge is 0.478 e. The first-order valence-electron chi connectivity index (χ1n) is 4.99. The Bertz CT molecular complexity index is 543. The number of benzene rings is 1. The number of hydrogen-bond donors (Lipinski definition) is 1. The van der Waals surface area contributed by atoms with Crippen LogP contribution in [-0.2, 0) is 6.54 Å². The number of carboxylic acid groups (broad SMARTS) is 1. The van der Waals surface area contributed by atoms with Crippen LogP contribution < -0.4 is 0 Å². The van der Waals surface area contributed by atoms with Crippen LogP contribution in [0.4, 0.5) is 0 Å². The second-order valence-electron chi connectivity index (χ2n) is 3.59. The van der Waals surface area contributed by atoms with Crippen LogP contribution in [0.5, 0.6) is 0 Å². The summed E-state index contributed by atoms with van der Waals surface area (Å²) < 4.78 is 1.62. The molecule has 1 N–H and O–H groups in total. The predicted molar refractivity (Wildman–Crippen MR) is 60.1 cm³/mol. The smallest absolute Gasteiger partial charge is 0.335 e. The normalized spacial score (nSPS) is 10.1. The first-order valence-corrected chi connectivity index (χ1v) is 4.99. The minimum atomic E-state index is -0.945. The molecule has 0 atom stereocenters. The van der Waals surface area contributed by atoms with Gasteiger partial charge in [-0.1, -0.05) is 12.1 Å². The van der Waals surface area contributed by atoms with E-state index in [0.717, 1.165) is 11.8 Å². The molecule has 0 saturated heterocycles. The third kappa shape index (κ3) is 2.57. The molecule has 1 heterocycles. The highest BCUT2D eigenvalue weighted by molar-refractivity contribution is 5.87. The SMILES string of the molecule is O=Cc1cnn(Cc2ccc(C(=O)O)cc2)c1. The third-order valence-electron chi connectivity index (χ3n) is 2.33. The number of carbonyl (C=O) groups is 2. The van der Waals surface area contributed by atoms with E-state index in [-0.39, 0.29) is 5.56 Å². The fourth-order valence-electron chi connectivity index (χ4n) is 1.47. The molecule has 2 aromatic rings. The van der Waals surface area contributed by atoms with Crippen LogP contribution in [0.25, 0.3) is 0 Å². The Kier molecular flexibility index (Phi) is 3.00. The fraction of sp³-hybridized carbons (Fsp3) is 0.0833. The van der Waals surface area contributed by atoms with Gasteiger partial charge in [0, 0.05) is 6.20 Å². The highest BCUT2D eigenvalue weighted by Gasteiger charge is 2.03. The second kappa shape index (κ2) is 4.61. The van der Waals surface area contributed by atoms with E-state index in [4.69, 9.17) is 5.11 Å². The predicted octanol–water partition coefficient (Wildman–Crippen LogP) is 1.44. The highest BCUT2D eigenvalue weighted by atomic mass is 16.4. The first kappa shape index (κ1) is 11.1. The van der Waals surface area contributed by atoms with Crippen molar-refractivity contribution >= 4 is 12.3 Å². The standard InChI is InChI=1S/C12H10N2O3/c15-8-10-5-13-14(7-10)6-9-1-3-11(4-2-9)12(16)17/h1-5,7-8H,6H2,(H,16,17). The van der Waals surface area contributed by atoms with Gasteiger partial charge in [-0.15, -0.1) is 0 Å². The van der Waals surface area contributed by atoms with Gasteiger partial charge in [0.2, 0.25) is 0 Å². The van der Waals surface area contributed by atoms with Gasteiger partial charge in [-0.3, -0.25) is 9.48 Å². The van der Waals surface area contributed by atoms with Crippen LogP contribution in [0.1, 0.15) is 26.3 Å². The Morgan fingerprint density at radius 3 is 2.59 bits per heavy atom. The zero-order valence-electron chi connectivity index (χ0n) is 8.91. The monoisotopic (exact) mass is 230 g/mol. The summed E-state index contributed by atoms with van der Waals surface area (Å²) in [5.41, 5.74) is 1.70. The van der Waals surface area contributed by atoms with E-state index < -0.39 is 5.97 Å². The molecule has 5 nitrogen and oxygen atoms in total. The molecular weight excluding hydrogens is 220 g/mol. The van der Waals surface area contributed by atoms with Crippen LogP contribution in [0.15, 0.2) is 36.7 Å². The fourth-order valence-corrected chi connectivity index (χ4v) is 1.47. The molecule has 0 fully saturated rings. The van der Waals surface area contributed by atoms with Crippen molar-refractivity contribution in [2.24, 2.45) is 0 Å². The van der Waals surface area contributed by atoms with E-state index in [1.165, 1.54) is 6.20 Å². The molecule has 0 unspecified atom stereocenters. The minimum Gasteiger partial charge on any atom is -0.478 e. The van der Waals surface area contributed by atoms with Gasteiger partial charge in [0.1, 0.15) is 0 Å². The maximum absolute atomic E-state index is 10.7. The van der Waals surface area contributed by atoms with E-state index in [1.54, 1.807) is 35.1 Å². The van der Waals surface area contributed by atoms with Gasteiger partial charge < -0.3 is 5.11 Å². The number of carboxylic acids is 1. The maximum Gasteiger partial charge on any atom is 0.335 e. The number of rotatable bonds is 4. The van der Waals surface area contributed by atoms with Gasteiger partial charge >= 0.3 is 5.97 Å². The van der Waals surface area contributed by atoms with Gasteiger partial charge in [0.15, 0.2) is 6.29 Å². The molecule has 0 aliphatic heterocycles. The molecular formula is C12H10N2O3. The number of carbonyl (C=O) groups excluding carboxylic acids is 1. The Balaban J connectivity index is 2.13. The lowest BCUT2D eigenvalue weighted by Gasteiger charge is -2.02. The highest BCUT2D eigenvalue weighted by Crippen LogP contribution is 2.06. The van der Waals surface area contributed by atoms with E-state index in [2.05, 4.69) is 5.10 Å². The van der Waals surface area contributed by atoms with Crippen LogP contribution in [0, 0.1) is 0 Å². The summed E-state index contributed by atoms with van der Waals surface area (Å²) >= 11 is 0. The van der Waals surface area contributed by atoms with Gasteiger partial charge in [-0.2, -0.15) is 5.10 Å². The Hall–Kier alpha value is -2.43. The molecule has 0 saturated carbocycles. The summed E-state index contributed by atoms with van der Waals surface area (Å²) in [6, 6.07) is 6.54. The van der Waals surface area contributed by atoms with E-state index in [0.29, 0.717) is 12.1 Å². The topological polar surface area (TPSA) is 72.2 Å². The molecule has 0 radical (unpaired) electrons. The number of hydrogen-bond acceptors (Lipinski definition) is 3. The third-order valence-corrected chi connectivity index (χ3v) is 2.33. The molecule has 0 aliphatic carbocycles. The average Bonchev–Trinajstić information content (AvgIpc) is 2.77. The minimum absolute atomic E-state index is 0.253.